The number of esters is 2. The van der Waals surface area contributed by atoms with Gasteiger partial charge in [-0.1, -0.05) is 50.2 Å². The summed E-state index contributed by atoms with van der Waals surface area (Å²) in [5.41, 5.74) is 4.34. The largest absolute Gasteiger partial charge is 0.493 e. The molecule has 0 radical (unpaired) electrons. The minimum atomic E-state index is -0.860. The molecule has 4 amide bonds. The minimum Gasteiger partial charge on any atom is -0.493 e. The van der Waals surface area contributed by atoms with E-state index in [-0.39, 0.29) is 38.1 Å². The first-order chi connectivity index (χ1) is 49.5. The SMILES string of the molecule is CCC(C(=O)N1CCCC[C@H]1C(=O)OC(CCc1ccc(OC)c(OC)c1)c1cccc(OCC(=O)NCCNC(=O)COc2cccc(C(CCc3ccc(OC)c(OC)c3)OC(=O)[C@@H]3CCCCN3C(=O)C(CC)c3cc(OC)c(OC)c(OC)c3)c2)c1)c1cc(OC)c(OC)c(OC)c1. The van der Waals surface area contributed by atoms with E-state index in [9.17, 15) is 28.8 Å². The van der Waals surface area contributed by atoms with Gasteiger partial charge in [-0.3, -0.25) is 19.2 Å². The van der Waals surface area contributed by atoms with E-state index in [1.165, 1.54) is 42.7 Å². The van der Waals surface area contributed by atoms with Gasteiger partial charge in [-0.05, 0) is 183 Å². The number of methoxy groups -OCH3 is 10. The number of rotatable bonds is 37. The molecule has 6 atom stereocenters. The molecule has 2 aliphatic rings. The van der Waals surface area contributed by atoms with Crippen LogP contribution >= 0.6 is 0 Å². The first-order valence-electron chi connectivity index (χ1n) is 34.5. The molecule has 24 nitrogen and oxygen atoms in total. The number of likely N-dealkylation sites (tertiary alicyclic amines) is 2. The fraction of sp³-hybridized carbons (Fsp3) is 0.462. The number of hydrogen-bond donors (Lipinski definition) is 2. The number of nitrogens with zero attached hydrogens (tertiary/aromatic N) is 2. The van der Waals surface area contributed by atoms with E-state index in [1.54, 1.807) is 98.9 Å². The smallest absolute Gasteiger partial charge is 0.329 e. The average Bonchev–Trinajstić information content (AvgIpc) is 0.796. The zero-order valence-electron chi connectivity index (χ0n) is 60.6. The fourth-order valence-electron chi connectivity index (χ4n) is 13.1. The summed E-state index contributed by atoms with van der Waals surface area (Å²) in [5.74, 6) is 1.68. The van der Waals surface area contributed by atoms with Gasteiger partial charge in [0, 0.05) is 26.2 Å². The van der Waals surface area contributed by atoms with E-state index in [2.05, 4.69) is 10.6 Å². The van der Waals surface area contributed by atoms with Crippen molar-refractivity contribution in [1.82, 2.24) is 20.4 Å². The van der Waals surface area contributed by atoms with Gasteiger partial charge in [-0.25, -0.2) is 9.59 Å². The summed E-state index contributed by atoms with van der Waals surface area (Å²) >= 11 is 0. The Morgan fingerprint density at radius 1 is 0.412 bits per heavy atom. The normalized spacial score (nSPS) is 15.4. The van der Waals surface area contributed by atoms with Gasteiger partial charge < -0.3 is 86.7 Å². The van der Waals surface area contributed by atoms with Gasteiger partial charge in [0.15, 0.2) is 59.2 Å². The van der Waals surface area contributed by atoms with Crippen LogP contribution in [0.2, 0.25) is 0 Å². The van der Waals surface area contributed by atoms with Gasteiger partial charge in [-0.15, -0.1) is 0 Å². The van der Waals surface area contributed by atoms with Crippen LogP contribution in [0, 0.1) is 0 Å². The third-order valence-corrected chi connectivity index (χ3v) is 18.5. The Morgan fingerprint density at radius 3 is 1.11 bits per heavy atom. The van der Waals surface area contributed by atoms with Gasteiger partial charge in [0.1, 0.15) is 35.8 Å². The Labute approximate surface area is 597 Å². The molecule has 4 unspecified atom stereocenters. The predicted octanol–water partition coefficient (Wildman–Crippen LogP) is 11.0. The lowest BCUT2D eigenvalue weighted by Gasteiger charge is -2.37. The number of carbonyl (C=O) groups is 6. The van der Waals surface area contributed by atoms with Gasteiger partial charge >= 0.3 is 11.9 Å². The van der Waals surface area contributed by atoms with Crippen LogP contribution in [0.3, 0.4) is 0 Å². The lowest BCUT2D eigenvalue weighted by molar-refractivity contribution is -0.162. The van der Waals surface area contributed by atoms with Gasteiger partial charge in [-0.2, -0.15) is 0 Å². The zero-order chi connectivity index (χ0) is 73.2. The summed E-state index contributed by atoms with van der Waals surface area (Å²) < 4.78 is 80.7. The summed E-state index contributed by atoms with van der Waals surface area (Å²) in [6, 6.07) is 30.5. The number of piperidine rings is 2. The second-order valence-corrected chi connectivity index (χ2v) is 24.7. The number of benzene rings is 6. The van der Waals surface area contributed by atoms with E-state index in [0.717, 1.165) is 11.1 Å². The van der Waals surface area contributed by atoms with Crippen molar-refractivity contribution < 1.29 is 95.1 Å². The lowest BCUT2D eigenvalue weighted by Crippen LogP contribution is -2.50. The zero-order valence-corrected chi connectivity index (χ0v) is 60.6. The molecule has 102 heavy (non-hydrogen) atoms. The Hall–Kier alpha value is -10.3. The molecule has 2 heterocycles. The lowest BCUT2D eigenvalue weighted by atomic mass is 9.91. The van der Waals surface area contributed by atoms with Crippen molar-refractivity contribution in [2.45, 2.75) is 127 Å². The van der Waals surface area contributed by atoms with Crippen LogP contribution < -0.4 is 67.5 Å². The van der Waals surface area contributed by atoms with Crippen LogP contribution in [0.15, 0.2) is 109 Å². The Morgan fingerprint density at radius 2 is 0.775 bits per heavy atom. The van der Waals surface area contributed by atoms with E-state index < -0.39 is 59.9 Å². The topological polar surface area (TPSA) is 262 Å². The van der Waals surface area contributed by atoms with E-state index in [0.29, 0.717) is 181 Å². The number of aryl methyl sites for hydroxylation is 2. The second-order valence-electron chi connectivity index (χ2n) is 24.7. The van der Waals surface area contributed by atoms with Crippen molar-refractivity contribution in [3.05, 3.63) is 143 Å². The average molecular weight is 1410 g/mol. The monoisotopic (exact) mass is 1410 g/mol. The maximum atomic E-state index is 14.7. The van der Waals surface area contributed by atoms with Crippen molar-refractivity contribution in [1.29, 1.82) is 0 Å². The van der Waals surface area contributed by atoms with Crippen molar-refractivity contribution in [3.8, 4) is 69.0 Å². The van der Waals surface area contributed by atoms with Gasteiger partial charge in [0.2, 0.25) is 23.3 Å². The highest BCUT2D eigenvalue weighted by Crippen LogP contribution is 2.44. The molecule has 2 saturated heterocycles. The van der Waals surface area contributed by atoms with Crippen molar-refractivity contribution in [3.63, 3.8) is 0 Å². The molecule has 0 spiro atoms. The summed E-state index contributed by atoms with van der Waals surface area (Å²) in [6.45, 7) is 3.97. The molecule has 6 aromatic carbocycles. The predicted molar refractivity (Wildman–Crippen MR) is 380 cm³/mol. The third-order valence-electron chi connectivity index (χ3n) is 18.5. The number of hydrogen-bond acceptors (Lipinski definition) is 20. The van der Waals surface area contributed by atoms with Crippen LogP contribution in [0.25, 0.3) is 0 Å². The van der Waals surface area contributed by atoms with Crippen molar-refractivity contribution >= 4 is 35.6 Å². The highest BCUT2D eigenvalue weighted by Gasteiger charge is 2.40. The molecule has 0 bridgehead atoms. The van der Waals surface area contributed by atoms with E-state index in [1.807, 2.05) is 62.4 Å². The number of carbonyl (C=O) groups excluding carboxylic acids is 6. The van der Waals surface area contributed by atoms with Gasteiger partial charge in [0.05, 0.1) is 82.9 Å². The van der Waals surface area contributed by atoms with E-state index >= 15 is 0 Å². The third kappa shape index (κ3) is 19.8. The summed E-state index contributed by atoms with van der Waals surface area (Å²) in [7, 11) is 15.3. The maximum absolute atomic E-state index is 14.7. The molecular weight excluding hydrogens is 1310 g/mol. The molecule has 0 aromatic heterocycles. The Kier molecular flexibility index (Phi) is 29.3. The van der Waals surface area contributed by atoms with Gasteiger partial charge in [0.25, 0.3) is 11.8 Å². The maximum Gasteiger partial charge on any atom is 0.329 e. The van der Waals surface area contributed by atoms with Crippen molar-refractivity contribution in [2.24, 2.45) is 0 Å². The van der Waals surface area contributed by atoms with Crippen LogP contribution in [0.4, 0.5) is 0 Å². The molecule has 6 aromatic rings. The van der Waals surface area contributed by atoms with Crippen LogP contribution in [-0.4, -0.2) is 168 Å². The highest BCUT2D eigenvalue weighted by molar-refractivity contribution is 5.90. The fourth-order valence-corrected chi connectivity index (χ4v) is 13.1. The molecule has 550 valence electrons. The Bertz CT molecular complexity index is 3510. The summed E-state index contributed by atoms with van der Waals surface area (Å²) in [5, 5.41) is 5.55. The molecule has 24 heteroatoms. The van der Waals surface area contributed by atoms with Crippen LogP contribution in [-0.2, 0) is 51.1 Å². The standard InChI is InChI=1S/C78H98N4O20/c1-13-57(53-43-67(93-7)73(97-11)68(44-53)94-8)75(85)81-37-17-15-25-59(81)77(87)101-61(31-27-49-29-33-63(89-3)65(39-49)91-5)51-21-19-23-55(41-51)99-47-71(83)79-35-36-80-72(84)48-100-56-24-20-22-52(42-56)62(32-28-50-30-34-64(90-4)66(40-50)92-6)102-78(88)60-26-16-18-38-82(60)76(86)58(14-2)54-45-69(95-9)74(98-12)70(46-54)96-10/h19-24,29-30,33-34,39-46,57-62H,13-18,25-28,31-32,35-38,47-48H2,1-12H3,(H,79,83)(H,80,84)/t57?,58?,59-,60-,61?,62?/m0/s1. The van der Waals surface area contributed by atoms with Crippen LogP contribution in [0.1, 0.15) is 135 Å². The molecule has 2 fully saturated rings. The first-order valence-corrected chi connectivity index (χ1v) is 34.5. The first kappa shape index (κ1) is 77.5. The summed E-state index contributed by atoms with van der Waals surface area (Å²) in [4.78, 5) is 88.3. The number of amides is 4. The Balaban J connectivity index is 0.885. The molecular formula is C78H98N4O20. The highest BCUT2D eigenvalue weighted by atomic mass is 16.6. The summed E-state index contributed by atoms with van der Waals surface area (Å²) in [6.07, 6.45) is 4.54. The number of nitrogens with one attached hydrogen (secondary N) is 2. The van der Waals surface area contributed by atoms with E-state index in [4.69, 9.17) is 66.3 Å². The quantitative estimate of drug-likeness (QED) is 0.0271. The molecule has 2 N–H and O–H groups in total. The number of ether oxygens (including phenoxy) is 14. The van der Waals surface area contributed by atoms with Crippen LogP contribution in [0.5, 0.6) is 69.0 Å². The molecule has 2 aliphatic heterocycles. The van der Waals surface area contributed by atoms with Crippen molar-refractivity contribution in [2.75, 3.05) is 110 Å². The second kappa shape index (κ2) is 38.5. The molecule has 0 aliphatic carbocycles. The molecule has 0 saturated carbocycles. The molecule has 8 rings (SSSR count). The minimum absolute atomic E-state index is 0.0705.